The van der Waals surface area contributed by atoms with E-state index in [2.05, 4.69) is 10.1 Å². The molecular formula is C14H14ClN3O2. The van der Waals surface area contributed by atoms with Gasteiger partial charge in [0.25, 0.3) is 5.56 Å². The zero-order chi connectivity index (χ0) is 14.5. The molecule has 0 atom stereocenters. The van der Waals surface area contributed by atoms with Gasteiger partial charge in [0.1, 0.15) is 5.69 Å². The van der Waals surface area contributed by atoms with E-state index in [0.29, 0.717) is 29.9 Å². The largest absolute Gasteiger partial charge is 0.281 e. The highest BCUT2D eigenvalue weighted by Crippen LogP contribution is 2.14. The van der Waals surface area contributed by atoms with Gasteiger partial charge in [-0.2, -0.15) is 5.10 Å². The summed E-state index contributed by atoms with van der Waals surface area (Å²) in [6, 6.07) is 7.17. The Bertz CT molecular complexity index is 668. The van der Waals surface area contributed by atoms with Crippen molar-refractivity contribution in [3.63, 3.8) is 0 Å². The third kappa shape index (κ3) is 3.30. The van der Waals surface area contributed by atoms with Gasteiger partial charge in [0.05, 0.1) is 5.69 Å². The first-order chi connectivity index (χ1) is 9.61. The minimum atomic E-state index is -0.455. The number of nitrogens with zero attached hydrogens (tertiary/aromatic N) is 3. The molecule has 6 heteroatoms. The van der Waals surface area contributed by atoms with Crippen LogP contribution in [-0.4, -0.2) is 20.0 Å². The number of carbonyl (C=O) groups excluding carboxylic acids is 1. The molecule has 104 valence electrons. The molecule has 0 aliphatic rings. The molecule has 0 saturated carbocycles. The third-order valence-corrected chi connectivity index (χ3v) is 3.06. The summed E-state index contributed by atoms with van der Waals surface area (Å²) in [5.41, 5.74) is 1.64. The minimum Gasteiger partial charge on any atom is -0.281 e. The van der Waals surface area contributed by atoms with Gasteiger partial charge in [-0.3, -0.25) is 14.6 Å². The lowest BCUT2D eigenvalue weighted by atomic mass is 10.1. The van der Waals surface area contributed by atoms with Crippen molar-refractivity contribution in [1.82, 2.24) is 14.8 Å². The van der Waals surface area contributed by atoms with Crippen LogP contribution in [0.25, 0.3) is 11.4 Å². The Morgan fingerprint density at radius 3 is 2.75 bits per heavy atom. The van der Waals surface area contributed by atoms with Crippen LogP contribution in [0.3, 0.4) is 0 Å². The molecule has 0 aromatic carbocycles. The topological polar surface area (TPSA) is 64.8 Å². The highest BCUT2D eigenvalue weighted by Gasteiger charge is 2.11. The highest BCUT2D eigenvalue weighted by atomic mass is 35.5. The Morgan fingerprint density at radius 1 is 1.35 bits per heavy atom. The summed E-state index contributed by atoms with van der Waals surface area (Å²) < 4.78 is 1.37. The molecule has 0 saturated heterocycles. The van der Waals surface area contributed by atoms with Crippen molar-refractivity contribution in [3.05, 3.63) is 46.4 Å². The maximum atomic E-state index is 12.1. The van der Waals surface area contributed by atoms with Crippen LogP contribution in [0.1, 0.15) is 18.9 Å². The van der Waals surface area contributed by atoms with E-state index in [1.165, 1.54) is 4.68 Å². The molecule has 0 radical (unpaired) electrons. The lowest BCUT2D eigenvalue weighted by Crippen LogP contribution is -2.26. The van der Waals surface area contributed by atoms with E-state index in [-0.39, 0.29) is 12.0 Å². The van der Waals surface area contributed by atoms with E-state index in [1.807, 2.05) is 25.1 Å². The molecule has 0 amide bonds. The van der Waals surface area contributed by atoms with Gasteiger partial charge in [-0.05, 0) is 43.1 Å². The van der Waals surface area contributed by atoms with Crippen LogP contribution in [-0.2, 0) is 17.8 Å². The number of pyridine rings is 1. The summed E-state index contributed by atoms with van der Waals surface area (Å²) >= 11 is 5.33. The average Bonchev–Trinajstić information content (AvgIpc) is 2.47. The Hall–Kier alpha value is -2.01. The molecular weight excluding hydrogens is 278 g/mol. The molecule has 5 nitrogen and oxygen atoms in total. The molecule has 2 rings (SSSR count). The fourth-order valence-electron chi connectivity index (χ4n) is 1.86. The molecule has 0 aliphatic heterocycles. The maximum Gasteiger partial charge on any atom is 0.269 e. The zero-order valence-corrected chi connectivity index (χ0v) is 11.8. The van der Waals surface area contributed by atoms with Crippen molar-refractivity contribution < 1.29 is 4.79 Å². The summed E-state index contributed by atoms with van der Waals surface area (Å²) in [7, 11) is 0. The maximum absolute atomic E-state index is 12.1. The summed E-state index contributed by atoms with van der Waals surface area (Å²) in [5, 5.41) is 3.82. The summed E-state index contributed by atoms with van der Waals surface area (Å²) in [4.78, 5) is 27.2. The second-order valence-electron chi connectivity index (χ2n) is 4.25. The Balaban J connectivity index is 2.46. The monoisotopic (exact) mass is 291 g/mol. The van der Waals surface area contributed by atoms with Crippen molar-refractivity contribution >= 4 is 16.8 Å². The van der Waals surface area contributed by atoms with Crippen molar-refractivity contribution in [3.8, 4) is 11.4 Å². The Labute approximate surface area is 121 Å². The SMILES string of the molecule is CCn1nc(-c2ccccn2)cc(CCC(=O)Cl)c1=O. The van der Waals surface area contributed by atoms with Crippen molar-refractivity contribution in [1.29, 1.82) is 0 Å². The third-order valence-electron chi connectivity index (χ3n) is 2.87. The summed E-state index contributed by atoms with van der Waals surface area (Å²) in [6.45, 7) is 2.30. The fourth-order valence-corrected chi connectivity index (χ4v) is 1.96. The molecule has 20 heavy (non-hydrogen) atoms. The van der Waals surface area contributed by atoms with Crippen molar-refractivity contribution in [2.24, 2.45) is 0 Å². The number of carbonyl (C=O) groups is 1. The van der Waals surface area contributed by atoms with Gasteiger partial charge in [-0.25, -0.2) is 4.68 Å². The van der Waals surface area contributed by atoms with Crippen molar-refractivity contribution in [2.45, 2.75) is 26.3 Å². The van der Waals surface area contributed by atoms with Gasteiger partial charge in [-0.15, -0.1) is 0 Å². The molecule has 0 spiro atoms. The number of aryl methyl sites for hydroxylation is 2. The van der Waals surface area contributed by atoms with Crippen LogP contribution < -0.4 is 5.56 Å². The first-order valence-corrected chi connectivity index (χ1v) is 6.70. The number of halogens is 1. The summed E-state index contributed by atoms with van der Waals surface area (Å²) in [6.07, 6.45) is 2.11. The molecule has 0 fully saturated rings. The molecule has 2 heterocycles. The van der Waals surface area contributed by atoms with Crippen LogP contribution in [0.15, 0.2) is 35.3 Å². The van der Waals surface area contributed by atoms with Gasteiger partial charge in [0, 0.05) is 24.7 Å². The van der Waals surface area contributed by atoms with Crippen molar-refractivity contribution in [2.75, 3.05) is 0 Å². The van der Waals surface area contributed by atoms with Gasteiger partial charge in [0.2, 0.25) is 5.24 Å². The predicted molar refractivity (Wildman–Crippen MR) is 76.6 cm³/mol. The van der Waals surface area contributed by atoms with E-state index in [1.54, 1.807) is 12.3 Å². The van der Waals surface area contributed by atoms with Gasteiger partial charge < -0.3 is 0 Å². The Kier molecular flexibility index (Phi) is 4.63. The molecule has 0 N–H and O–H groups in total. The van der Waals surface area contributed by atoms with E-state index in [9.17, 15) is 9.59 Å². The molecule has 0 unspecified atom stereocenters. The lowest BCUT2D eigenvalue weighted by Gasteiger charge is -2.08. The normalized spacial score (nSPS) is 10.5. The Morgan fingerprint density at radius 2 is 2.15 bits per heavy atom. The second-order valence-corrected chi connectivity index (χ2v) is 4.67. The van der Waals surface area contributed by atoms with E-state index in [4.69, 9.17) is 11.6 Å². The molecule has 2 aromatic heterocycles. The average molecular weight is 292 g/mol. The van der Waals surface area contributed by atoms with E-state index < -0.39 is 5.24 Å². The van der Waals surface area contributed by atoms with Crippen LogP contribution in [0.4, 0.5) is 0 Å². The number of aromatic nitrogens is 3. The predicted octanol–water partition coefficient (Wildman–Crippen LogP) is 2.02. The number of hydrogen-bond donors (Lipinski definition) is 0. The van der Waals surface area contributed by atoms with Gasteiger partial charge in [-0.1, -0.05) is 6.07 Å². The van der Waals surface area contributed by atoms with Crippen LogP contribution in [0, 0.1) is 0 Å². The highest BCUT2D eigenvalue weighted by molar-refractivity contribution is 6.63. The van der Waals surface area contributed by atoms with Gasteiger partial charge in [0.15, 0.2) is 0 Å². The molecule has 0 aliphatic carbocycles. The minimum absolute atomic E-state index is 0.131. The molecule has 0 bridgehead atoms. The number of hydrogen-bond acceptors (Lipinski definition) is 4. The lowest BCUT2D eigenvalue weighted by molar-refractivity contribution is -0.111. The standard InChI is InChI=1S/C14H14ClN3O2/c1-2-18-14(20)10(6-7-13(15)19)9-12(17-18)11-5-3-4-8-16-11/h3-5,8-9H,2,6-7H2,1H3. The van der Waals surface area contributed by atoms with E-state index >= 15 is 0 Å². The zero-order valence-electron chi connectivity index (χ0n) is 11.0. The number of rotatable bonds is 5. The van der Waals surface area contributed by atoms with Crippen LogP contribution in [0.5, 0.6) is 0 Å². The first-order valence-electron chi connectivity index (χ1n) is 6.32. The smallest absolute Gasteiger partial charge is 0.269 e. The van der Waals surface area contributed by atoms with Gasteiger partial charge >= 0.3 is 0 Å². The van der Waals surface area contributed by atoms with Crippen LogP contribution in [0.2, 0.25) is 0 Å². The van der Waals surface area contributed by atoms with E-state index in [0.717, 1.165) is 0 Å². The first kappa shape index (κ1) is 14.4. The van der Waals surface area contributed by atoms with Crippen LogP contribution >= 0.6 is 11.6 Å². The summed E-state index contributed by atoms with van der Waals surface area (Å²) in [5.74, 6) is 0. The second kappa shape index (κ2) is 6.43. The quantitative estimate of drug-likeness (QED) is 0.791. The molecule has 2 aromatic rings. The fraction of sp³-hybridized carbons (Fsp3) is 0.286.